The van der Waals surface area contributed by atoms with Crippen LogP contribution in [0.15, 0.2) is 18.2 Å². The smallest absolute Gasteiger partial charge is 0.250 e. The monoisotopic (exact) mass is 186 g/mol. The van der Waals surface area contributed by atoms with Crippen LogP contribution < -0.4 is 5.32 Å². The molecule has 0 aliphatic carbocycles. The SMILES string of the molecule is Cc1cccc(CNCC(F)F)n1. The number of rotatable bonds is 4. The van der Waals surface area contributed by atoms with Gasteiger partial charge in [0.2, 0.25) is 0 Å². The van der Waals surface area contributed by atoms with E-state index in [-0.39, 0.29) is 6.54 Å². The molecule has 0 amide bonds. The summed E-state index contributed by atoms with van der Waals surface area (Å²) in [6.07, 6.45) is -2.30. The van der Waals surface area contributed by atoms with Crippen molar-refractivity contribution in [3.8, 4) is 0 Å². The molecule has 2 nitrogen and oxygen atoms in total. The fourth-order valence-electron chi connectivity index (χ4n) is 1.01. The van der Waals surface area contributed by atoms with Crippen molar-refractivity contribution in [3.05, 3.63) is 29.6 Å². The largest absolute Gasteiger partial charge is 0.306 e. The third kappa shape index (κ3) is 3.94. The molecule has 1 rings (SSSR count). The van der Waals surface area contributed by atoms with Crippen molar-refractivity contribution in [1.29, 1.82) is 0 Å². The molecule has 0 fully saturated rings. The highest BCUT2D eigenvalue weighted by molar-refractivity contribution is 5.09. The van der Waals surface area contributed by atoms with Gasteiger partial charge >= 0.3 is 0 Å². The normalized spacial score (nSPS) is 10.8. The van der Waals surface area contributed by atoms with E-state index in [0.29, 0.717) is 6.54 Å². The van der Waals surface area contributed by atoms with Crippen LogP contribution in [0.4, 0.5) is 8.78 Å². The van der Waals surface area contributed by atoms with Crippen LogP contribution in [0.3, 0.4) is 0 Å². The van der Waals surface area contributed by atoms with E-state index in [2.05, 4.69) is 10.3 Å². The number of hydrogen-bond acceptors (Lipinski definition) is 2. The van der Waals surface area contributed by atoms with Gasteiger partial charge in [0.15, 0.2) is 0 Å². The van der Waals surface area contributed by atoms with Gasteiger partial charge in [0.25, 0.3) is 6.43 Å². The number of hydrogen-bond donors (Lipinski definition) is 1. The van der Waals surface area contributed by atoms with Crippen LogP contribution in [0.2, 0.25) is 0 Å². The van der Waals surface area contributed by atoms with Crippen molar-refractivity contribution in [2.75, 3.05) is 6.54 Å². The number of nitrogens with zero attached hydrogens (tertiary/aromatic N) is 1. The molecule has 4 heteroatoms. The lowest BCUT2D eigenvalue weighted by Gasteiger charge is -2.03. The molecule has 0 saturated carbocycles. The minimum Gasteiger partial charge on any atom is -0.306 e. The second kappa shape index (κ2) is 4.87. The van der Waals surface area contributed by atoms with Gasteiger partial charge in [0, 0.05) is 12.2 Å². The molecule has 0 aromatic carbocycles. The number of nitrogens with one attached hydrogen (secondary N) is 1. The fourth-order valence-corrected chi connectivity index (χ4v) is 1.01. The van der Waals surface area contributed by atoms with Crippen molar-refractivity contribution in [3.63, 3.8) is 0 Å². The highest BCUT2D eigenvalue weighted by Gasteiger charge is 2.01. The Hall–Kier alpha value is -1.03. The molecular formula is C9H12F2N2. The number of halogens is 2. The van der Waals surface area contributed by atoms with Crippen molar-refractivity contribution in [2.24, 2.45) is 0 Å². The molecule has 0 saturated heterocycles. The molecule has 13 heavy (non-hydrogen) atoms. The lowest BCUT2D eigenvalue weighted by molar-refractivity contribution is 0.145. The van der Waals surface area contributed by atoms with Crippen molar-refractivity contribution >= 4 is 0 Å². The summed E-state index contributed by atoms with van der Waals surface area (Å²) in [7, 11) is 0. The maximum Gasteiger partial charge on any atom is 0.250 e. The number of alkyl halides is 2. The van der Waals surface area contributed by atoms with Gasteiger partial charge in [-0.05, 0) is 19.1 Å². The summed E-state index contributed by atoms with van der Waals surface area (Å²) in [4.78, 5) is 4.16. The molecule has 1 heterocycles. The topological polar surface area (TPSA) is 24.9 Å². The highest BCUT2D eigenvalue weighted by atomic mass is 19.3. The predicted molar refractivity (Wildman–Crippen MR) is 46.7 cm³/mol. The first-order valence-corrected chi connectivity index (χ1v) is 4.10. The van der Waals surface area contributed by atoms with Gasteiger partial charge in [-0.15, -0.1) is 0 Å². The van der Waals surface area contributed by atoms with Gasteiger partial charge < -0.3 is 5.32 Å². The Bertz CT molecular complexity index is 264. The van der Waals surface area contributed by atoms with Crippen LogP contribution in [0.25, 0.3) is 0 Å². The van der Waals surface area contributed by atoms with Crippen molar-refractivity contribution < 1.29 is 8.78 Å². The summed E-state index contributed by atoms with van der Waals surface area (Å²) in [6, 6.07) is 5.55. The molecule has 0 spiro atoms. The maximum atomic E-state index is 11.7. The van der Waals surface area contributed by atoms with E-state index in [4.69, 9.17) is 0 Å². The minimum absolute atomic E-state index is 0.282. The summed E-state index contributed by atoms with van der Waals surface area (Å²) in [5.41, 5.74) is 1.69. The van der Waals surface area contributed by atoms with Crippen molar-refractivity contribution in [1.82, 2.24) is 10.3 Å². The summed E-state index contributed by atoms with van der Waals surface area (Å²) in [5.74, 6) is 0. The third-order valence-corrected chi connectivity index (χ3v) is 1.55. The van der Waals surface area contributed by atoms with Gasteiger partial charge in [-0.1, -0.05) is 6.07 Å². The molecule has 0 bridgehead atoms. The van der Waals surface area contributed by atoms with E-state index in [1.54, 1.807) is 0 Å². The fraction of sp³-hybridized carbons (Fsp3) is 0.444. The Balaban J connectivity index is 2.37. The molecule has 0 aliphatic rings. The van der Waals surface area contributed by atoms with E-state index >= 15 is 0 Å². The van der Waals surface area contributed by atoms with Gasteiger partial charge in [-0.25, -0.2) is 8.78 Å². The van der Waals surface area contributed by atoms with E-state index in [9.17, 15) is 8.78 Å². The van der Waals surface area contributed by atoms with E-state index in [0.717, 1.165) is 11.4 Å². The highest BCUT2D eigenvalue weighted by Crippen LogP contribution is 1.97. The molecule has 72 valence electrons. The molecule has 1 N–H and O–H groups in total. The summed E-state index contributed by atoms with van der Waals surface area (Å²) < 4.78 is 23.5. The Morgan fingerprint density at radius 3 is 2.85 bits per heavy atom. The summed E-state index contributed by atoms with van der Waals surface area (Å²) in [6.45, 7) is 1.98. The van der Waals surface area contributed by atoms with Crippen LogP contribution in [-0.4, -0.2) is 18.0 Å². The first-order chi connectivity index (χ1) is 6.18. The molecule has 0 atom stereocenters. The zero-order valence-corrected chi connectivity index (χ0v) is 7.43. The Labute approximate surface area is 76.0 Å². The quantitative estimate of drug-likeness (QED) is 0.774. The second-order valence-corrected chi connectivity index (χ2v) is 2.79. The molecule has 1 aromatic heterocycles. The number of aryl methyl sites for hydroxylation is 1. The van der Waals surface area contributed by atoms with Crippen LogP contribution >= 0.6 is 0 Å². The zero-order chi connectivity index (χ0) is 9.68. The average molecular weight is 186 g/mol. The second-order valence-electron chi connectivity index (χ2n) is 2.79. The lowest BCUT2D eigenvalue weighted by atomic mass is 10.3. The zero-order valence-electron chi connectivity index (χ0n) is 7.43. The first-order valence-electron chi connectivity index (χ1n) is 4.10. The Morgan fingerprint density at radius 1 is 1.46 bits per heavy atom. The van der Waals surface area contributed by atoms with Crippen LogP contribution in [0.1, 0.15) is 11.4 Å². The third-order valence-electron chi connectivity index (χ3n) is 1.55. The molecular weight excluding hydrogens is 174 g/mol. The maximum absolute atomic E-state index is 11.7. The predicted octanol–water partition coefficient (Wildman–Crippen LogP) is 1.74. The van der Waals surface area contributed by atoms with Gasteiger partial charge in [0.05, 0.1) is 12.2 Å². The Kier molecular flexibility index (Phi) is 3.76. The molecule has 0 unspecified atom stereocenters. The van der Waals surface area contributed by atoms with Crippen molar-refractivity contribution in [2.45, 2.75) is 19.9 Å². The van der Waals surface area contributed by atoms with E-state index in [1.165, 1.54) is 0 Å². The number of pyridine rings is 1. The summed E-state index contributed by atoms with van der Waals surface area (Å²) >= 11 is 0. The number of aromatic nitrogens is 1. The first kappa shape index (κ1) is 10.1. The Morgan fingerprint density at radius 2 is 2.23 bits per heavy atom. The minimum atomic E-state index is -2.30. The molecule has 0 aliphatic heterocycles. The van der Waals surface area contributed by atoms with Crippen LogP contribution in [0, 0.1) is 6.92 Å². The van der Waals surface area contributed by atoms with Crippen LogP contribution in [0.5, 0.6) is 0 Å². The summed E-state index contributed by atoms with van der Waals surface area (Å²) in [5, 5.41) is 2.62. The van der Waals surface area contributed by atoms with E-state index in [1.807, 2.05) is 25.1 Å². The standard InChI is InChI=1S/C9H12F2N2/c1-7-3-2-4-8(13-7)5-12-6-9(10)11/h2-4,9,12H,5-6H2,1H3. The molecule has 0 radical (unpaired) electrons. The molecule has 1 aromatic rings. The van der Waals surface area contributed by atoms with Gasteiger partial charge in [-0.3, -0.25) is 4.98 Å². The van der Waals surface area contributed by atoms with Gasteiger partial charge in [-0.2, -0.15) is 0 Å². The lowest BCUT2D eigenvalue weighted by Crippen LogP contribution is -2.21. The average Bonchev–Trinajstić information content (AvgIpc) is 2.03. The van der Waals surface area contributed by atoms with Gasteiger partial charge in [0.1, 0.15) is 0 Å². The van der Waals surface area contributed by atoms with E-state index < -0.39 is 6.43 Å². The van der Waals surface area contributed by atoms with Crippen LogP contribution in [-0.2, 0) is 6.54 Å².